The smallest absolute Gasteiger partial charge is 0.317 e. The zero-order valence-corrected chi connectivity index (χ0v) is 21.6. The lowest BCUT2D eigenvalue weighted by Gasteiger charge is -2.36. The molecule has 0 spiro atoms. The monoisotopic (exact) mass is 509 g/mol. The molecule has 1 heterocycles. The molecule has 1 aliphatic carbocycles. The fourth-order valence-corrected chi connectivity index (χ4v) is 4.57. The summed E-state index contributed by atoms with van der Waals surface area (Å²) in [5, 5.41) is 5.82. The number of carbonyl (C=O) groups excluding carboxylic acids is 3. The van der Waals surface area contributed by atoms with Crippen molar-refractivity contribution in [2.75, 3.05) is 42.9 Å². The predicted molar refractivity (Wildman–Crippen MR) is 142 cm³/mol. The number of hydrogen-bond donors (Lipinski definition) is 2. The minimum Gasteiger partial charge on any atom is -0.368 e. The van der Waals surface area contributed by atoms with Gasteiger partial charge in [0.2, 0.25) is 11.8 Å². The molecule has 2 fully saturated rings. The van der Waals surface area contributed by atoms with Crippen molar-refractivity contribution in [1.82, 2.24) is 15.1 Å². The number of halogens is 1. The first-order valence-electron chi connectivity index (χ1n) is 13.0. The van der Waals surface area contributed by atoms with Crippen LogP contribution in [0.3, 0.4) is 0 Å². The third-order valence-electron chi connectivity index (χ3n) is 6.88. The van der Waals surface area contributed by atoms with E-state index < -0.39 is 0 Å². The summed E-state index contributed by atoms with van der Waals surface area (Å²) in [6, 6.07) is 13.7. The standard InChI is InChI=1S/C28H36FN5O3/c1-20(2)30-28(37)33-16-14-32(15-17-33)25-12-10-24(11-13-25)31-26(35)19-34(27(36)22-4-3-5-22)18-21-6-8-23(29)9-7-21/h6-13,20,22H,3-5,14-19H2,1-2H3,(H,30,37)(H,31,35). The van der Waals surface area contributed by atoms with Gasteiger partial charge in [-0.05, 0) is 68.7 Å². The van der Waals surface area contributed by atoms with Crippen molar-refractivity contribution < 1.29 is 18.8 Å². The van der Waals surface area contributed by atoms with Gasteiger partial charge in [0.05, 0.1) is 0 Å². The Labute approximate surface area is 217 Å². The summed E-state index contributed by atoms with van der Waals surface area (Å²) < 4.78 is 13.3. The first-order chi connectivity index (χ1) is 17.8. The van der Waals surface area contributed by atoms with Gasteiger partial charge in [-0.25, -0.2) is 9.18 Å². The highest BCUT2D eigenvalue weighted by Crippen LogP contribution is 2.29. The van der Waals surface area contributed by atoms with Crippen molar-refractivity contribution in [2.45, 2.75) is 45.7 Å². The molecule has 0 radical (unpaired) electrons. The fourth-order valence-electron chi connectivity index (χ4n) is 4.57. The van der Waals surface area contributed by atoms with Crippen molar-refractivity contribution in [2.24, 2.45) is 5.92 Å². The second-order valence-electron chi connectivity index (χ2n) is 10.1. The van der Waals surface area contributed by atoms with Crippen molar-refractivity contribution in [1.29, 1.82) is 0 Å². The maximum atomic E-state index is 13.3. The van der Waals surface area contributed by atoms with Crippen LogP contribution in [0.15, 0.2) is 48.5 Å². The molecule has 0 aromatic heterocycles. The summed E-state index contributed by atoms with van der Waals surface area (Å²) >= 11 is 0. The van der Waals surface area contributed by atoms with Crippen LogP contribution in [0.5, 0.6) is 0 Å². The van der Waals surface area contributed by atoms with E-state index >= 15 is 0 Å². The highest BCUT2D eigenvalue weighted by atomic mass is 19.1. The highest BCUT2D eigenvalue weighted by Gasteiger charge is 2.30. The Morgan fingerprint density at radius 2 is 1.62 bits per heavy atom. The van der Waals surface area contributed by atoms with E-state index in [1.54, 1.807) is 17.0 Å². The third kappa shape index (κ3) is 7.21. The average Bonchev–Trinajstić information content (AvgIpc) is 2.84. The minimum absolute atomic E-state index is 0.0257. The molecule has 9 heteroatoms. The zero-order valence-electron chi connectivity index (χ0n) is 21.6. The number of hydrogen-bond acceptors (Lipinski definition) is 4. The number of anilines is 2. The van der Waals surface area contributed by atoms with Crippen LogP contribution < -0.4 is 15.5 Å². The van der Waals surface area contributed by atoms with Gasteiger partial charge in [0.25, 0.3) is 0 Å². The van der Waals surface area contributed by atoms with Crippen LogP contribution in [-0.4, -0.2) is 66.4 Å². The number of carbonyl (C=O) groups is 3. The summed E-state index contributed by atoms with van der Waals surface area (Å²) in [6.07, 6.45) is 2.72. The first-order valence-corrected chi connectivity index (χ1v) is 13.0. The topological polar surface area (TPSA) is 85.0 Å². The maximum absolute atomic E-state index is 13.3. The van der Waals surface area contributed by atoms with E-state index in [-0.39, 0.29) is 48.7 Å². The summed E-state index contributed by atoms with van der Waals surface area (Å²) in [6.45, 7) is 6.87. The lowest BCUT2D eigenvalue weighted by atomic mass is 9.84. The molecule has 2 aromatic rings. The van der Waals surface area contributed by atoms with E-state index in [2.05, 4.69) is 15.5 Å². The molecule has 4 amide bonds. The van der Waals surface area contributed by atoms with E-state index in [4.69, 9.17) is 0 Å². The van der Waals surface area contributed by atoms with Crippen molar-refractivity contribution in [3.63, 3.8) is 0 Å². The molecule has 198 valence electrons. The lowest BCUT2D eigenvalue weighted by molar-refractivity contribution is -0.141. The molecule has 0 bridgehead atoms. The molecular weight excluding hydrogens is 473 g/mol. The minimum atomic E-state index is -0.333. The van der Waals surface area contributed by atoms with Crippen LogP contribution in [0.4, 0.5) is 20.6 Å². The summed E-state index contributed by atoms with van der Waals surface area (Å²) in [5.74, 6) is -0.667. The number of nitrogens with one attached hydrogen (secondary N) is 2. The number of nitrogens with zero attached hydrogens (tertiary/aromatic N) is 3. The van der Waals surface area contributed by atoms with Crippen LogP contribution in [-0.2, 0) is 16.1 Å². The largest absolute Gasteiger partial charge is 0.368 e. The van der Waals surface area contributed by atoms with Crippen molar-refractivity contribution >= 4 is 29.2 Å². The van der Waals surface area contributed by atoms with E-state index in [0.717, 1.165) is 43.6 Å². The molecule has 2 aromatic carbocycles. The Bertz CT molecular complexity index is 1080. The van der Waals surface area contributed by atoms with Crippen LogP contribution in [0.25, 0.3) is 0 Å². The SMILES string of the molecule is CC(C)NC(=O)N1CCN(c2ccc(NC(=O)CN(Cc3ccc(F)cc3)C(=O)C3CCC3)cc2)CC1. The summed E-state index contributed by atoms with van der Waals surface area (Å²) in [7, 11) is 0. The van der Waals surface area contributed by atoms with Gasteiger partial charge >= 0.3 is 6.03 Å². The lowest BCUT2D eigenvalue weighted by Crippen LogP contribution is -2.52. The second-order valence-corrected chi connectivity index (χ2v) is 10.1. The molecule has 0 atom stereocenters. The van der Waals surface area contributed by atoms with Crippen LogP contribution in [0.2, 0.25) is 0 Å². The number of urea groups is 1. The number of benzene rings is 2. The van der Waals surface area contributed by atoms with E-state index in [1.807, 2.05) is 43.0 Å². The molecule has 2 N–H and O–H groups in total. The zero-order chi connectivity index (χ0) is 26.4. The number of amides is 4. The number of rotatable bonds is 8. The highest BCUT2D eigenvalue weighted by molar-refractivity contribution is 5.95. The van der Waals surface area contributed by atoms with Crippen molar-refractivity contribution in [3.8, 4) is 0 Å². The Balaban J connectivity index is 1.31. The molecule has 4 rings (SSSR count). The summed E-state index contributed by atoms with van der Waals surface area (Å²) in [4.78, 5) is 43.6. The van der Waals surface area contributed by atoms with Gasteiger partial charge < -0.3 is 25.3 Å². The predicted octanol–water partition coefficient (Wildman–Crippen LogP) is 3.83. The van der Waals surface area contributed by atoms with Gasteiger partial charge in [-0.15, -0.1) is 0 Å². The van der Waals surface area contributed by atoms with Crippen LogP contribution >= 0.6 is 0 Å². The van der Waals surface area contributed by atoms with E-state index in [9.17, 15) is 18.8 Å². The molecule has 0 unspecified atom stereocenters. The van der Waals surface area contributed by atoms with Gasteiger partial charge in [0, 0.05) is 56.1 Å². The Morgan fingerprint density at radius 1 is 0.973 bits per heavy atom. The third-order valence-corrected chi connectivity index (χ3v) is 6.88. The average molecular weight is 510 g/mol. The molecular formula is C28H36FN5O3. The molecule has 1 aliphatic heterocycles. The van der Waals surface area contributed by atoms with E-state index in [1.165, 1.54) is 12.1 Å². The Kier molecular flexibility index (Phi) is 8.63. The Hall–Kier alpha value is -3.62. The first kappa shape index (κ1) is 26.4. The summed E-state index contributed by atoms with van der Waals surface area (Å²) in [5.41, 5.74) is 2.47. The Morgan fingerprint density at radius 3 is 2.19 bits per heavy atom. The molecule has 1 saturated carbocycles. The van der Waals surface area contributed by atoms with Crippen LogP contribution in [0.1, 0.15) is 38.7 Å². The molecule has 8 nitrogen and oxygen atoms in total. The van der Waals surface area contributed by atoms with Crippen molar-refractivity contribution in [3.05, 3.63) is 59.9 Å². The molecule has 2 aliphatic rings. The van der Waals surface area contributed by atoms with Gasteiger partial charge in [-0.2, -0.15) is 0 Å². The van der Waals surface area contributed by atoms with Gasteiger partial charge in [0.15, 0.2) is 0 Å². The fraction of sp³-hybridized carbons (Fsp3) is 0.464. The second kappa shape index (κ2) is 12.1. The quantitative estimate of drug-likeness (QED) is 0.567. The van der Waals surface area contributed by atoms with Gasteiger partial charge in [-0.1, -0.05) is 18.6 Å². The number of piperazine rings is 1. The molecule has 1 saturated heterocycles. The van der Waals surface area contributed by atoms with E-state index in [0.29, 0.717) is 18.8 Å². The normalized spacial score (nSPS) is 15.8. The van der Waals surface area contributed by atoms with Gasteiger partial charge in [0.1, 0.15) is 12.4 Å². The molecule has 37 heavy (non-hydrogen) atoms. The maximum Gasteiger partial charge on any atom is 0.317 e. The van der Waals surface area contributed by atoms with Gasteiger partial charge in [-0.3, -0.25) is 9.59 Å². The van der Waals surface area contributed by atoms with Crippen LogP contribution in [0, 0.1) is 11.7 Å².